The van der Waals surface area contributed by atoms with E-state index in [1.165, 1.54) is 11.1 Å². The van der Waals surface area contributed by atoms with Gasteiger partial charge in [-0.1, -0.05) is 39.0 Å². The van der Waals surface area contributed by atoms with E-state index in [1.807, 2.05) is 11.4 Å². The van der Waals surface area contributed by atoms with Crippen LogP contribution >= 0.6 is 0 Å². The van der Waals surface area contributed by atoms with Gasteiger partial charge in [0, 0.05) is 5.69 Å². The number of fused-ring (bicyclic) bond motifs is 1. The number of aromatic nitrogens is 3. The normalized spacial score (nSPS) is 11.4. The number of ether oxygens (including phenoxy) is 1. The molecule has 0 aliphatic rings. The first-order chi connectivity index (χ1) is 12.9. The number of hydrogen-bond acceptors (Lipinski definition) is 4. The second-order valence-electron chi connectivity index (χ2n) is 7.10. The Labute approximate surface area is 160 Å². The van der Waals surface area contributed by atoms with E-state index in [4.69, 9.17) is 9.84 Å². The fourth-order valence-corrected chi connectivity index (χ4v) is 3.54. The minimum absolute atomic E-state index is 0.193. The van der Waals surface area contributed by atoms with Crippen LogP contribution in [0.2, 0.25) is 0 Å². The Kier molecular flexibility index (Phi) is 5.31. The molecule has 0 atom stereocenters. The van der Waals surface area contributed by atoms with Gasteiger partial charge in [-0.3, -0.25) is 0 Å². The van der Waals surface area contributed by atoms with E-state index in [-0.39, 0.29) is 5.92 Å². The number of aryl methyl sites for hydroxylation is 3. The van der Waals surface area contributed by atoms with Crippen LogP contribution in [0.25, 0.3) is 16.8 Å². The van der Waals surface area contributed by atoms with Crippen LogP contribution in [-0.4, -0.2) is 27.2 Å². The Morgan fingerprint density at radius 2 is 1.93 bits per heavy atom. The summed E-state index contributed by atoms with van der Waals surface area (Å²) in [5.41, 5.74) is 7.50. The average Bonchev–Trinajstić information content (AvgIpc) is 2.96. The number of carbonyl (C=O) groups excluding carboxylic acids is 1. The molecule has 0 radical (unpaired) electrons. The molecule has 0 aliphatic carbocycles. The van der Waals surface area contributed by atoms with Gasteiger partial charge in [0.15, 0.2) is 11.3 Å². The van der Waals surface area contributed by atoms with Crippen molar-refractivity contribution in [2.24, 2.45) is 0 Å². The summed E-state index contributed by atoms with van der Waals surface area (Å²) in [4.78, 5) is 17.1. The second kappa shape index (κ2) is 7.51. The van der Waals surface area contributed by atoms with E-state index in [1.54, 1.807) is 13.0 Å². The first-order valence-electron chi connectivity index (χ1n) is 9.55. The van der Waals surface area contributed by atoms with Gasteiger partial charge >= 0.3 is 5.97 Å². The van der Waals surface area contributed by atoms with Crippen molar-refractivity contribution in [3.05, 3.63) is 52.5 Å². The van der Waals surface area contributed by atoms with E-state index in [2.05, 4.69) is 50.9 Å². The summed E-state index contributed by atoms with van der Waals surface area (Å²) in [6.45, 7) is 12.6. The molecule has 0 amide bonds. The Balaban J connectivity index is 2.38. The van der Waals surface area contributed by atoms with E-state index in [0.717, 1.165) is 28.9 Å². The molecule has 0 N–H and O–H groups in total. The standard InChI is InChI=1S/C22H27N3O2/c1-7-16-11-9-10-14(5)19(16)20-15(6)24-25-18(13(3)4)12-17(23-21(20)25)22(26)27-8-2/h9-13H,7-8H2,1-6H3. The molecule has 0 fully saturated rings. The first-order valence-corrected chi connectivity index (χ1v) is 9.55. The Morgan fingerprint density at radius 3 is 2.56 bits per heavy atom. The van der Waals surface area contributed by atoms with Crippen molar-refractivity contribution >= 4 is 11.6 Å². The zero-order valence-electron chi connectivity index (χ0n) is 17.0. The van der Waals surface area contributed by atoms with E-state index in [0.29, 0.717) is 17.9 Å². The zero-order chi connectivity index (χ0) is 19.7. The Morgan fingerprint density at radius 1 is 1.19 bits per heavy atom. The Hall–Kier alpha value is -2.69. The lowest BCUT2D eigenvalue weighted by Gasteiger charge is -2.13. The number of benzene rings is 1. The third-order valence-corrected chi connectivity index (χ3v) is 4.86. The molecule has 5 nitrogen and oxygen atoms in total. The highest BCUT2D eigenvalue weighted by Crippen LogP contribution is 2.34. The molecule has 0 spiro atoms. The van der Waals surface area contributed by atoms with Gasteiger partial charge in [-0.25, -0.2) is 14.3 Å². The average molecular weight is 365 g/mol. The summed E-state index contributed by atoms with van der Waals surface area (Å²) in [5.74, 6) is -0.203. The van der Waals surface area contributed by atoms with Crippen molar-refractivity contribution in [3.63, 3.8) is 0 Å². The van der Waals surface area contributed by atoms with Crippen molar-refractivity contribution in [3.8, 4) is 11.1 Å². The summed E-state index contributed by atoms with van der Waals surface area (Å²) < 4.78 is 7.08. The lowest BCUT2D eigenvalue weighted by atomic mass is 9.93. The predicted octanol–water partition coefficient (Wildman–Crippen LogP) is 4.88. The van der Waals surface area contributed by atoms with Crippen LogP contribution in [0.5, 0.6) is 0 Å². The van der Waals surface area contributed by atoms with Gasteiger partial charge in [0.1, 0.15) is 0 Å². The number of carbonyl (C=O) groups is 1. The SMILES string of the molecule is CCOC(=O)c1cc(C(C)C)n2nc(C)c(-c3c(C)cccc3CC)c2n1. The van der Waals surface area contributed by atoms with Crippen LogP contribution in [0.15, 0.2) is 24.3 Å². The number of nitrogens with zero attached hydrogens (tertiary/aromatic N) is 3. The maximum atomic E-state index is 12.4. The van der Waals surface area contributed by atoms with Gasteiger partial charge in [0.05, 0.1) is 17.9 Å². The molecule has 2 aromatic heterocycles. The van der Waals surface area contributed by atoms with Crippen molar-refractivity contribution < 1.29 is 9.53 Å². The van der Waals surface area contributed by atoms with Crippen molar-refractivity contribution in [1.29, 1.82) is 0 Å². The number of hydrogen-bond donors (Lipinski definition) is 0. The largest absolute Gasteiger partial charge is 0.461 e. The van der Waals surface area contributed by atoms with E-state index in [9.17, 15) is 4.79 Å². The van der Waals surface area contributed by atoms with Gasteiger partial charge in [-0.05, 0) is 55.9 Å². The molecule has 0 saturated heterocycles. The maximum Gasteiger partial charge on any atom is 0.357 e. The monoisotopic (exact) mass is 365 g/mol. The fourth-order valence-electron chi connectivity index (χ4n) is 3.54. The summed E-state index contributed by atoms with van der Waals surface area (Å²) in [5, 5.41) is 4.78. The molecule has 0 saturated carbocycles. The minimum atomic E-state index is -0.396. The van der Waals surface area contributed by atoms with Crippen LogP contribution in [0.3, 0.4) is 0 Å². The molecule has 5 heteroatoms. The van der Waals surface area contributed by atoms with E-state index >= 15 is 0 Å². The molecule has 27 heavy (non-hydrogen) atoms. The van der Waals surface area contributed by atoms with Crippen LogP contribution in [-0.2, 0) is 11.2 Å². The summed E-state index contributed by atoms with van der Waals surface area (Å²) in [6.07, 6.45) is 0.919. The van der Waals surface area contributed by atoms with Crippen molar-refractivity contribution in [2.75, 3.05) is 6.61 Å². The summed E-state index contributed by atoms with van der Waals surface area (Å²) in [7, 11) is 0. The topological polar surface area (TPSA) is 56.5 Å². The van der Waals surface area contributed by atoms with Gasteiger partial charge in [-0.15, -0.1) is 0 Å². The molecule has 142 valence electrons. The van der Waals surface area contributed by atoms with Crippen LogP contribution in [0.4, 0.5) is 0 Å². The maximum absolute atomic E-state index is 12.4. The highest BCUT2D eigenvalue weighted by molar-refractivity contribution is 5.90. The van der Waals surface area contributed by atoms with Gasteiger partial charge in [0.2, 0.25) is 0 Å². The molecule has 0 unspecified atom stereocenters. The molecular formula is C22H27N3O2. The molecule has 0 aliphatic heterocycles. The fraction of sp³-hybridized carbons (Fsp3) is 0.409. The molecule has 0 bridgehead atoms. The molecule has 2 heterocycles. The minimum Gasteiger partial charge on any atom is -0.461 e. The highest BCUT2D eigenvalue weighted by atomic mass is 16.5. The molecule has 1 aromatic carbocycles. The highest BCUT2D eigenvalue weighted by Gasteiger charge is 2.22. The van der Waals surface area contributed by atoms with Gasteiger partial charge in [0.25, 0.3) is 0 Å². The lowest BCUT2D eigenvalue weighted by Crippen LogP contribution is -2.12. The number of rotatable bonds is 5. The van der Waals surface area contributed by atoms with Crippen molar-refractivity contribution in [2.45, 2.75) is 53.9 Å². The van der Waals surface area contributed by atoms with Crippen molar-refractivity contribution in [1.82, 2.24) is 14.6 Å². The molecule has 3 aromatic rings. The summed E-state index contributed by atoms with van der Waals surface area (Å²) in [6, 6.07) is 8.13. The van der Waals surface area contributed by atoms with Crippen LogP contribution in [0, 0.1) is 13.8 Å². The quantitative estimate of drug-likeness (QED) is 0.605. The third kappa shape index (κ3) is 3.34. The first kappa shape index (κ1) is 19.1. The summed E-state index contributed by atoms with van der Waals surface area (Å²) >= 11 is 0. The molecule has 3 rings (SSSR count). The van der Waals surface area contributed by atoms with Gasteiger partial charge in [-0.2, -0.15) is 5.10 Å². The predicted molar refractivity (Wildman–Crippen MR) is 107 cm³/mol. The smallest absolute Gasteiger partial charge is 0.357 e. The third-order valence-electron chi connectivity index (χ3n) is 4.86. The van der Waals surface area contributed by atoms with E-state index < -0.39 is 5.97 Å². The number of esters is 1. The van der Waals surface area contributed by atoms with Crippen LogP contribution < -0.4 is 0 Å². The Bertz CT molecular complexity index is 1000. The van der Waals surface area contributed by atoms with Crippen LogP contribution in [0.1, 0.15) is 66.6 Å². The second-order valence-corrected chi connectivity index (χ2v) is 7.10. The lowest BCUT2D eigenvalue weighted by molar-refractivity contribution is 0.0519. The zero-order valence-corrected chi connectivity index (χ0v) is 17.0. The molecular weight excluding hydrogens is 338 g/mol. The van der Waals surface area contributed by atoms with Gasteiger partial charge < -0.3 is 4.74 Å².